The van der Waals surface area contributed by atoms with Crippen LogP contribution < -0.4 is 5.32 Å². The van der Waals surface area contributed by atoms with Crippen molar-refractivity contribution in [3.63, 3.8) is 0 Å². The number of anilines is 1. The molecule has 140 valence electrons. The maximum atomic E-state index is 12.0. The van der Waals surface area contributed by atoms with E-state index in [1.165, 1.54) is 28.7 Å². The summed E-state index contributed by atoms with van der Waals surface area (Å²) >= 11 is 2.74. The molecule has 0 unspecified atom stereocenters. The minimum atomic E-state index is -0.135. The van der Waals surface area contributed by atoms with Crippen LogP contribution in [0, 0.1) is 0 Å². The highest BCUT2D eigenvalue weighted by Gasteiger charge is 2.12. The molecule has 1 heterocycles. The molecule has 2 rings (SSSR count). The number of nitrogens with one attached hydrogen (secondary N) is 1. The highest BCUT2D eigenvalue weighted by Crippen LogP contribution is 2.25. The van der Waals surface area contributed by atoms with Crippen molar-refractivity contribution in [2.45, 2.75) is 27.2 Å². The number of carbonyl (C=O) groups excluding carboxylic acids is 2. The van der Waals surface area contributed by atoms with Crippen molar-refractivity contribution in [2.75, 3.05) is 29.9 Å². The molecule has 0 fully saturated rings. The molecule has 1 aromatic heterocycles. The van der Waals surface area contributed by atoms with Crippen LogP contribution in [-0.2, 0) is 16.0 Å². The van der Waals surface area contributed by atoms with Gasteiger partial charge in [0.25, 0.3) is 0 Å². The number of hydrogen-bond donors (Lipinski definition) is 1. The molecule has 1 N–H and O–H groups in total. The SMILES string of the molecule is CCc1ccc(-c2csc(NC(=O)CSCC(=O)N(CC)CC)n2)cc1. The summed E-state index contributed by atoms with van der Waals surface area (Å²) in [5, 5.41) is 5.33. The summed E-state index contributed by atoms with van der Waals surface area (Å²) < 4.78 is 0. The Morgan fingerprint density at radius 1 is 1.12 bits per heavy atom. The first-order chi connectivity index (χ1) is 12.6. The van der Waals surface area contributed by atoms with E-state index >= 15 is 0 Å². The maximum absolute atomic E-state index is 12.0. The number of nitrogens with zero attached hydrogens (tertiary/aromatic N) is 2. The van der Waals surface area contributed by atoms with Crippen LogP contribution in [0.5, 0.6) is 0 Å². The normalized spacial score (nSPS) is 10.6. The number of benzene rings is 1. The number of thiazole rings is 1. The number of aromatic nitrogens is 1. The van der Waals surface area contributed by atoms with Gasteiger partial charge in [-0.25, -0.2) is 4.98 Å². The summed E-state index contributed by atoms with van der Waals surface area (Å²) in [6.07, 6.45) is 1.01. The molecule has 2 amide bonds. The summed E-state index contributed by atoms with van der Waals surface area (Å²) in [6, 6.07) is 8.29. The van der Waals surface area contributed by atoms with Crippen molar-refractivity contribution in [1.29, 1.82) is 0 Å². The van der Waals surface area contributed by atoms with E-state index in [4.69, 9.17) is 0 Å². The fraction of sp³-hybridized carbons (Fsp3) is 0.421. The lowest BCUT2D eigenvalue weighted by Crippen LogP contribution is -2.32. The first-order valence-electron chi connectivity index (χ1n) is 8.77. The van der Waals surface area contributed by atoms with Gasteiger partial charge in [0.2, 0.25) is 11.8 Å². The molecule has 0 atom stereocenters. The van der Waals surface area contributed by atoms with E-state index in [1.807, 2.05) is 31.4 Å². The Morgan fingerprint density at radius 2 is 1.81 bits per heavy atom. The minimum Gasteiger partial charge on any atom is -0.343 e. The second kappa shape index (κ2) is 10.3. The maximum Gasteiger partial charge on any atom is 0.236 e. The van der Waals surface area contributed by atoms with Crippen LogP contribution in [0.15, 0.2) is 29.6 Å². The Bertz CT molecular complexity index is 725. The largest absolute Gasteiger partial charge is 0.343 e. The summed E-state index contributed by atoms with van der Waals surface area (Å²) in [4.78, 5) is 30.2. The molecule has 2 aromatic rings. The van der Waals surface area contributed by atoms with E-state index in [2.05, 4.69) is 29.4 Å². The first kappa shape index (κ1) is 20.5. The molecule has 0 saturated heterocycles. The summed E-state index contributed by atoms with van der Waals surface area (Å²) in [6.45, 7) is 7.43. The third kappa shape index (κ3) is 5.85. The monoisotopic (exact) mass is 391 g/mol. The summed E-state index contributed by atoms with van der Waals surface area (Å²) in [5.41, 5.74) is 3.18. The quantitative estimate of drug-likeness (QED) is 0.704. The lowest BCUT2D eigenvalue weighted by atomic mass is 10.1. The van der Waals surface area contributed by atoms with Gasteiger partial charge in [-0.2, -0.15) is 0 Å². The zero-order valence-corrected chi connectivity index (χ0v) is 17.1. The van der Waals surface area contributed by atoms with Gasteiger partial charge in [0.1, 0.15) is 0 Å². The Labute approximate surface area is 163 Å². The Kier molecular flexibility index (Phi) is 8.12. The molecule has 0 aliphatic carbocycles. The second-order valence-electron chi connectivity index (χ2n) is 5.70. The number of carbonyl (C=O) groups is 2. The van der Waals surface area contributed by atoms with Gasteiger partial charge in [0, 0.05) is 24.0 Å². The van der Waals surface area contributed by atoms with Crippen LogP contribution in [0.25, 0.3) is 11.3 Å². The lowest BCUT2D eigenvalue weighted by molar-refractivity contribution is -0.127. The predicted molar refractivity (Wildman–Crippen MR) is 111 cm³/mol. The van der Waals surface area contributed by atoms with Crippen molar-refractivity contribution in [3.05, 3.63) is 35.2 Å². The average molecular weight is 392 g/mol. The molecule has 7 heteroatoms. The van der Waals surface area contributed by atoms with Gasteiger partial charge in [-0.1, -0.05) is 31.2 Å². The molecule has 0 bridgehead atoms. The molecule has 26 heavy (non-hydrogen) atoms. The summed E-state index contributed by atoms with van der Waals surface area (Å²) in [5.74, 6) is 0.499. The van der Waals surface area contributed by atoms with E-state index in [0.29, 0.717) is 24.0 Å². The van der Waals surface area contributed by atoms with Crippen molar-refractivity contribution >= 4 is 40.0 Å². The van der Waals surface area contributed by atoms with E-state index in [0.717, 1.165) is 17.7 Å². The molecule has 0 aliphatic rings. The van der Waals surface area contributed by atoms with Crippen LogP contribution in [0.3, 0.4) is 0 Å². The van der Waals surface area contributed by atoms with Gasteiger partial charge >= 0.3 is 0 Å². The van der Waals surface area contributed by atoms with Crippen molar-refractivity contribution in [2.24, 2.45) is 0 Å². The highest BCUT2D eigenvalue weighted by molar-refractivity contribution is 8.00. The highest BCUT2D eigenvalue weighted by atomic mass is 32.2. The third-order valence-corrected chi connectivity index (χ3v) is 5.66. The second-order valence-corrected chi connectivity index (χ2v) is 7.54. The number of amides is 2. The Balaban J connectivity index is 1.82. The van der Waals surface area contributed by atoms with Gasteiger partial charge in [-0.05, 0) is 25.8 Å². The van der Waals surface area contributed by atoms with E-state index in [1.54, 1.807) is 4.90 Å². The Morgan fingerprint density at radius 3 is 2.42 bits per heavy atom. The lowest BCUT2D eigenvalue weighted by Gasteiger charge is -2.17. The van der Waals surface area contributed by atoms with Crippen LogP contribution in [0.4, 0.5) is 5.13 Å². The molecule has 0 radical (unpaired) electrons. The van der Waals surface area contributed by atoms with Crippen molar-refractivity contribution < 1.29 is 9.59 Å². The summed E-state index contributed by atoms with van der Waals surface area (Å²) in [7, 11) is 0. The smallest absolute Gasteiger partial charge is 0.236 e. The van der Waals surface area contributed by atoms with Gasteiger partial charge < -0.3 is 10.2 Å². The molecule has 0 spiro atoms. The first-order valence-corrected chi connectivity index (χ1v) is 10.8. The van der Waals surface area contributed by atoms with E-state index in [-0.39, 0.29) is 17.6 Å². The van der Waals surface area contributed by atoms with Crippen LogP contribution in [0.1, 0.15) is 26.3 Å². The van der Waals surface area contributed by atoms with Gasteiger partial charge in [-0.3, -0.25) is 9.59 Å². The molecular weight excluding hydrogens is 366 g/mol. The molecule has 0 saturated carbocycles. The standard InChI is InChI=1S/C19H25N3O2S2/c1-4-14-7-9-15(10-8-14)16-11-26-19(20-16)21-17(23)12-25-13-18(24)22(5-2)6-3/h7-11H,4-6,12-13H2,1-3H3,(H,20,21,23). The van der Waals surface area contributed by atoms with Crippen LogP contribution in [-0.4, -0.2) is 46.3 Å². The fourth-order valence-corrected chi connectivity index (χ4v) is 3.88. The minimum absolute atomic E-state index is 0.0693. The third-order valence-electron chi connectivity index (χ3n) is 3.98. The topological polar surface area (TPSA) is 62.3 Å². The Hall–Kier alpha value is -1.86. The number of rotatable bonds is 9. The number of hydrogen-bond acceptors (Lipinski definition) is 5. The number of thioether (sulfide) groups is 1. The van der Waals surface area contributed by atoms with Gasteiger partial charge in [0.15, 0.2) is 5.13 Å². The molecule has 1 aromatic carbocycles. The fourth-order valence-electron chi connectivity index (χ4n) is 2.43. The zero-order valence-electron chi connectivity index (χ0n) is 15.4. The van der Waals surface area contributed by atoms with E-state index in [9.17, 15) is 9.59 Å². The van der Waals surface area contributed by atoms with E-state index < -0.39 is 0 Å². The van der Waals surface area contributed by atoms with Gasteiger partial charge in [0.05, 0.1) is 17.2 Å². The molecule has 5 nitrogen and oxygen atoms in total. The van der Waals surface area contributed by atoms with Gasteiger partial charge in [-0.15, -0.1) is 23.1 Å². The van der Waals surface area contributed by atoms with Crippen LogP contribution >= 0.6 is 23.1 Å². The average Bonchev–Trinajstić information content (AvgIpc) is 3.11. The number of aryl methyl sites for hydroxylation is 1. The molecule has 0 aliphatic heterocycles. The van der Waals surface area contributed by atoms with Crippen molar-refractivity contribution in [1.82, 2.24) is 9.88 Å². The zero-order chi connectivity index (χ0) is 18.9. The van der Waals surface area contributed by atoms with Crippen molar-refractivity contribution in [3.8, 4) is 11.3 Å². The predicted octanol–water partition coefficient (Wildman–Crippen LogP) is 3.91. The molecular formula is C19H25N3O2S2. The van der Waals surface area contributed by atoms with Crippen LogP contribution in [0.2, 0.25) is 0 Å².